The number of carbonyl (C=O) groups excluding carboxylic acids is 1. The molecule has 0 bridgehead atoms. The number of amides is 1. The lowest BCUT2D eigenvalue weighted by molar-refractivity contribution is 0.0950. The molecule has 0 atom stereocenters. The Morgan fingerprint density at radius 3 is 3.05 bits per heavy atom. The largest absolute Gasteiger partial charge is 0.463 e. The zero-order valence-electron chi connectivity index (χ0n) is 11.2. The van der Waals surface area contributed by atoms with Crippen LogP contribution in [-0.2, 0) is 0 Å². The van der Waals surface area contributed by atoms with E-state index in [1.165, 1.54) is 12.5 Å². The highest BCUT2D eigenvalue weighted by Crippen LogP contribution is 2.20. The van der Waals surface area contributed by atoms with Gasteiger partial charge in [0.1, 0.15) is 17.2 Å². The second kappa shape index (κ2) is 5.49. The Kier molecular flexibility index (Phi) is 3.38. The number of hydrogen-bond acceptors (Lipinski definition) is 5. The second-order valence-electron chi connectivity index (χ2n) is 4.29. The fourth-order valence-corrected chi connectivity index (χ4v) is 1.72. The number of aromatic amines is 1. The molecule has 1 amide bonds. The van der Waals surface area contributed by atoms with Crippen molar-refractivity contribution in [2.45, 2.75) is 6.92 Å². The third-order valence-corrected chi connectivity index (χ3v) is 2.72. The molecule has 3 aromatic heterocycles. The van der Waals surface area contributed by atoms with Crippen molar-refractivity contribution in [3.05, 3.63) is 53.8 Å². The SMILES string of the molecule is Cc1ccc(-c2cc(C(=O)NN=Cc3ccco3)n[nH]2)o1. The van der Waals surface area contributed by atoms with Gasteiger partial charge in [-0.05, 0) is 31.2 Å². The number of nitrogens with zero attached hydrogens (tertiary/aromatic N) is 2. The molecule has 0 saturated carbocycles. The van der Waals surface area contributed by atoms with Crippen LogP contribution in [0.3, 0.4) is 0 Å². The Labute approximate surface area is 119 Å². The van der Waals surface area contributed by atoms with Crippen LogP contribution in [0.2, 0.25) is 0 Å². The third-order valence-electron chi connectivity index (χ3n) is 2.72. The van der Waals surface area contributed by atoms with Crippen molar-refractivity contribution in [2.75, 3.05) is 0 Å². The number of H-pyrrole nitrogens is 1. The van der Waals surface area contributed by atoms with Gasteiger partial charge < -0.3 is 8.83 Å². The zero-order valence-corrected chi connectivity index (χ0v) is 11.2. The maximum absolute atomic E-state index is 11.9. The molecule has 0 aromatic carbocycles. The minimum atomic E-state index is -0.427. The lowest BCUT2D eigenvalue weighted by Gasteiger charge is -1.93. The maximum Gasteiger partial charge on any atom is 0.291 e. The molecule has 0 spiro atoms. The van der Waals surface area contributed by atoms with Crippen LogP contribution in [0, 0.1) is 6.92 Å². The first-order chi connectivity index (χ1) is 10.2. The fourth-order valence-electron chi connectivity index (χ4n) is 1.72. The number of furan rings is 2. The summed E-state index contributed by atoms with van der Waals surface area (Å²) in [5.74, 6) is 1.53. The van der Waals surface area contributed by atoms with E-state index in [0.717, 1.165) is 5.76 Å². The second-order valence-corrected chi connectivity index (χ2v) is 4.29. The molecule has 3 heterocycles. The summed E-state index contributed by atoms with van der Waals surface area (Å²) in [6.45, 7) is 1.84. The van der Waals surface area contributed by atoms with Crippen molar-refractivity contribution in [1.82, 2.24) is 15.6 Å². The fraction of sp³-hybridized carbons (Fsp3) is 0.0714. The smallest absolute Gasteiger partial charge is 0.291 e. The van der Waals surface area contributed by atoms with Crippen LogP contribution in [0.25, 0.3) is 11.5 Å². The van der Waals surface area contributed by atoms with Crippen LogP contribution in [0.1, 0.15) is 22.0 Å². The van der Waals surface area contributed by atoms with Gasteiger partial charge in [-0.25, -0.2) is 5.43 Å². The first-order valence-corrected chi connectivity index (χ1v) is 6.21. The van der Waals surface area contributed by atoms with Gasteiger partial charge in [-0.2, -0.15) is 10.2 Å². The van der Waals surface area contributed by atoms with Crippen molar-refractivity contribution in [3.63, 3.8) is 0 Å². The van der Waals surface area contributed by atoms with E-state index < -0.39 is 5.91 Å². The number of aryl methyl sites for hydroxylation is 1. The summed E-state index contributed by atoms with van der Waals surface area (Å²) >= 11 is 0. The van der Waals surface area contributed by atoms with Gasteiger partial charge >= 0.3 is 0 Å². The summed E-state index contributed by atoms with van der Waals surface area (Å²) in [6.07, 6.45) is 2.93. The summed E-state index contributed by atoms with van der Waals surface area (Å²) in [4.78, 5) is 11.9. The summed E-state index contributed by atoms with van der Waals surface area (Å²) in [7, 11) is 0. The van der Waals surface area contributed by atoms with E-state index in [0.29, 0.717) is 17.2 Å². The Morgan fingerprint density at radius 2 is 2.33 bits per heavy atom. The minimum Gasteiger partial charge on any atom is -0.463 e. The normalized spacial score (nSPS) is 11.1. The zero-order chi connectivity index (χ0) is 14.7. The van der Waals surface area contributed by atoms with Crippen LogP contribution in [0.5, 0.6) is 0 Å². The highest BCUT2D eigenvalue weighted by Gasteiger charge is 2.12. The highest BCUT2D eigenvalue weighted by atomic mass is 16.3. The van der Waals surface area contributed by atoms with Gasteiger partial charge in [-0.1, -0.05) is 0 Å². The lowest BCUT2D eigenvalue weighted by Crippen LogP contribution is -2.17. The quantitative estimate of drug-likeness (QED) is 0.567. The summed E-state index contributed by atoms with van der Waals surface area (Å²) in [6, 6.07) is 8.69. The number of aromatic nitrogens is 2. The Hall–Kier alpha value is -3.09. The number of carbonyl (C=O) groups is 1. The van der Waals surface area contributed by atoms with Gasteiger partial charge in [-0.15, -0.1) is 0 Å². The topological polar surface area (TPSA) is 96.4 Å². The predicted molar refractivity (Wildman–Crippen MR) is 74.8 cm³/mol. The van der Waals surface area contributed by atoms with Crippen LogP contribution in [-0.4, -0.2) is 22.3 Å². The van der Waals surface area contributed by atoms with Gasteiger partial charge in [0.25, 0.3) is 5.91 Å². The molecular formula is C14H12N4O3. The van der Waals surface area contributed by atoms with Crippen molar-refractivity contribution >= 4 is 12.1 Å². The molecule has 21 heavy (non-hydrogen) atoms. The monoisotopic (exact) mass is 284 g/mol. The summed E-state index contributed by atoms with van der Waals surface area (Å²) < 4.78 is 10.5. The maximum atomic E-state index is 11.9. The Morgan fingerprint density at radius 1 is 1.43 bits per heavy atom. The first-order valence-electron chi connectivity index (χ1n) is 6.21. The number of hydrogen-bond donors (Lipinski definition) is 2. The van der Waals surface area contributed by atoms with Crippen molar-refractivity contribution < 1.29 is 13.6 Å². The van der Waals surface area contributed by atoms with E-state index in [2.05, 4.69) is 20.7 Å². The average molecular weight is 284 g/mol. The highest BCUT2D eigenvalue weighted by molar-refractivity contribution is 5.93. The molecule has 0 fully saturated rings. The van der Waals surface area contributed by atoms with E-state index in [4.69, 9.17) is 8.83 Å². The van der Waals surface area contributed by atoms with E-state index in [9.17, 15) is 4.79 Å². The van der Waals surface area contributed by atoms with Crippen molar-refractivity contribution in [3.8, 4) is 11.5 Å². The molecule has 0 aliphatic rings. The molecule has 0 saturated heterocycles. The van der Waals surface area contributed by atoms with E-state index >= 15 is 0 Å². The van der Waals surface area contributed by atoms with E-state index in [-0.39, 0.29) is 5.69 Å². The third kappa shape index (κ3) is 2.92. The summed E-state index contributed by atoms with van der Waals surface area (Å²) in [5.41, 5.74) is 3.21. The number of hydrazone groups is 1. The molecule has 0 radical (unpaired) electrons. The molecule has 0 aliphatic carbocycles. The minimum absolute atomic E-state index is 0.218. The predicted octanol–water partition coefficient (Wildman–Crippen LogP) is 2.34. The standard InChI is InChI=1S/C14H12N4O3/c1-9-4-5-13(21-9)11-7-12(17-16-11)14(19)18-15-8-10-3-2-6-20-10/h2-8H,1H3,(H,16,17)(H,18,19). The van der Waals surface area contributed by atoms with Crippen LogP contribution >= 0.6 is 0 Å². The van der Waals surface area contributed by atoms with E-state index in [1.54, 1.807) is 24.3 Å². The van der Waals surface area contributed by atoms with Gasteiger partial charge in [0.15, 0.2) is 11.5 Å². The molecule has 7 nitrogen and oxygen atoms in total. The molecule has 106 valence electrons. The number of rotatable bonds is 4. The molecular weight excluding hydrogens is 272 g/mol. The van der Waals surface area contributed by atoms with Gasteiger partial charge in [0.2, 0.25) is 0 Å². The van der Waals surface area contributed by atoms with Crippen molar-refractivity contribution in [2.24, 2.45) is 5.10 Å². The first kappa shape index (κ1) is 12.9. The average Bonchev–Trinajstić information content (AvgIpc) is 3.19. The van der Waals surface area contributed by atoms with E-state index in [1.807, 2.05) is 13.0 Å². The molecule has 7 heteroatoms. The molecule has 3 rings (SSSR count). The molecule has 0 unspecified atom stereocenters. The van der Waals surface area contributed by atoms with Crippen LogP contribution < -0.4 is 5.43 Å². The summed E-state index contributed by atoms with van der Waals surface area (Å²) in [5, 5.41) is 10.4. The Balaban J connectivity index is 1.67. The van der Waals surface area contributed by atoms with Gasteiger partial charge in [0.05, 0.1) is 12.5 Å². The van der Waals surface area contributed by atoms with Gasteiger partial charge in [0, 0.05) is 6.07 Å². The lowest BCUT2D eigenvalue weighted by atomic mass is 10.3. The Bertz CT molecular complexity index is 768. The van der Waals surface area contributed by atoms with Gasteiger partial charge in [-0.3, -0.25) is 9.89 Å². The van der Waals surface area contributed by atoms with Crippen LogP contribution in [0.4, 0.5) is 0 Å². The molecule has 3 aromatic rings. The molecule has 0 aliphatic heterocycles. The van der Waals surface area contributed by atoms with Crippen LogP contribution in [0.15, 0.2) is 50.5 Å². The molecule has 2 N–H and O–H groups in total. The van der Waals surface area contributed by atoms with Crippen molar-refractivity contribution in [1.29, 1.82) is 0 Å². The number of nitrogens with one attached hydrogen (secondary N) is 2.